The van der Waals surface area contributed by atoms with Crippen molar-refractivity contribution in [3.8, 4) is 11.4 Å². The zero-order valence-corrected chi connectivity index (χ0v) is 11.0. The number of nitrogens with zero attached hydrogens (tertiary/aromatic N) is 3. The molecule has 19 heavy (non-hydrogen) atoms. The summed E-state index contributed by atoms with van der Waals surface area (Å²) in [4.78, 5) is 12.6. The van der Waals surface area contributed by atoms with Crippen molar-refractivity contribution in [1.29, 1.82) is 0 Å². The molecule has 0 saturated carbocycles. The second-order valence-corrected chi connectivity index (χ2v) is 4.74. The second kappa shape index (κ2) is 5.50. The molecule has 0 amide bonds. The van der Waals surface area contributed by atoms with Gasteiger partial charge in [0.15, 0.2) is 5.82 Å². The third-order valence-electron chi connectivity index (χ3n) is 2.90. The molecular formula is C13H13ClN4O. The van der Waals surface area contributed by atoms with Gasteiger partial charge in [0.25, 0.3) is 0 Å². The molecule has 0 aliphatic carbocycles. The smallest absolute Gasteiger partial charge is 0.227 e. The van der Waals surface area contributed by atoms with Gasteiger partial charge in [0.2, 0.25) is 11.2 Å². The van der Waals surface area contributed by atoms with Crippen LogP contribution in [0.2, 0.25) is 5.28 Å². The number of rotatable bonds is 4. The fraction of sp³-hybridized carbons (Fsp3) is 0.308. The Kier molecular flexibility index (Phi) is 3.57. The number of anilines is 1. The van der Waals surface area contributed by atoms with Gasteiger partial charge in [0, 0.05) is 18.0 Å². The number of hydrogen-bond donors (Lipinski definition) is 1. The van der Waals surface area contributed by atoms with Crippen LogP contribution in [0.5, 0.6) is 0 Å². The molecule has 1 aromatic heterocycles. The van der Waals surface area contributed by atoms with Gasteiger partial charge in [-0.2, -0.15) is 15.0 Å². The third-order valence-corrected chi connectivity index (χ3v) is 3.07. The molecule has 6 heteroatoms. The number of benzene rings is 1. The standard InChI is InChI=1S/C13H13ClN4O/c14-12-16-11(10-4-2-1-3-5-10)17-13(18-12)15-6-9-7-19-8-9/h1-5,9H,6-8H2,(H,15,16,17,18). The summed E-state index contributed by atoms with van der Waals surface area (Å²) in [6.45, 7) is 2.36. The van der Waals surface area contributed by atoms with Crippen LogP contribution in [0.25, 0.3) is 11.4 Å². The van der Waals surface area contributed by atoms with Crippen molar-refractivity contribution in [3.63, 3.8) is 0 Å². The maximum absolute atomic E-state index is 5.94. The monoisotopic (exact) mass is 276 g/mol. The van der Waals surface area contributed by atoms with Crippen LogP contribution in [-0.4, -0.2) is 34.7 Å². The molecule has 98 valence electrons. The van der Waals surface area contributed by atoms with Crippen LogP contribution in [0.3, 0.4) is 0 Å². The van der Waals surface area contributed by atoms with Gasteiger partial charge in [0.05, 0.1) is 13.2 Å². The molecule has 0 unspecified atom stereocenters. The topological polar surface area (TPSA) is 59.9 Å². The van der Waals surface area contributed by atoms with E-state index in [1.807, 2.05) is 30.3 Å². The first-order chi connectivity index (χ1) is 9.31. The van der Waals surface area contributed by atoms with E-state index >= 15 is 0 Å². The van der Waals surface area contributed by atoms with E-state index in [9.17, 15) is 0 Å². The van der Waals surface area contributed by atoms with E-state index in [-0.39, 0.29) is 5.28 Å². The Labute approximate surface area is 116 Å². The number of hydrogen-bond acceptors (Lipinski definition) is 5. The Bertz CT molecular complexity index is 560. The van der Waals surface area contributed by atoms with Crippen LogP contribution >= 0.6 is 11.6 Å². The van der Waals surface area contributed by atoms with Crippen LogP contribution in [0.15, 0.2) is 30.3 Å². The number of aromatic nitrogens is 3. The summed E-state index contributed by atoms with van der Waals surface area (Å²) in [7, 11) is 0. The van der Waals surface area contributed by atoms with Gasteiger partial charge in [-0.1, -0.05) is 30.3 Å². The van der Waals surface area contributed by atoms with E-state index in [2.05, 4.69) is 20.3 Å². The fourth-order valence-corrected chi connectivity index (χ4v) is 1.94. The molecule has 0 radical (unpaired) electrons. The summed E-state index contributed by atoms with van der Waals surface area (Å²) in [5.74, 6) is 1.61. The molecule has 1 fully saturated rings. The highest BCUT2D eigenvalue weighted by molar-refractivity contribution is 6.28. The fourth-order valence-electron chi connectivity index (χ4n) is 1.78. The Hall–Kier alpha value is -1.72. The molecule has 1 N–H and O–H groups in total. The molecule has 1 aromatic carbocycles. The van der Waals surface area contributed by atoms with Crippen LogP contribution in [-0.2, 0) is 4.74 Å². The highest BCUT2D eigenvalue weighted by Gasteiger charge is 2.18. The van der Waals surface area contributed by atoms with Gasteiger partial charge in [0.1, 0.15) is 0 Å². The van der Waals surface area contributed by atoms with Crippen LogP contribution in [0, 0.1) is 5.92 Å². The summed E-state index contributed by atoms with van der Waals surface area (Å²) in [5.41, 5.74) is 0.918. The SMILES string of the molecule is Clc1nc(NCC2COC2)nc(-c2ccccc2)n1. The van der Waals surface area contributed by atoms with Crippen molar-refractivity contribution in [3.05, 3.63) is 35.6 Å². The lowest BCUT2D eigenvalue weighted by atomic mass is 10.1. The molecule has 1 aliphatic heterocycles. The Morgan fingerprint density at radius 3 is 2.63 bits per heavy atom. The van der Waals surface area contributed by atoms with Crippen molar-refractivity contribution in [1.82, 2.24) is 15.0 Å². The minimum Gasteiger partial charge on any atom is -0.381 e. The first-order valence-electron chi connectivity index (χ1n) is 6.10. The molecule has 3 rings (SSSR count). The molecule has 2 heterocycles. The van der Waals surface area contributed by atoms with Gasteiger partial charge in [-0.05, 0) is 11.6 Å². The first-order valence-corrected chi connectivity index (χ1v) is 6.47. The minimum atomic E-state index is 0.196. The van der Waals surface area contributed by atoms with Crippen molar-refractivity contribution in [2.24, 2.45) is 5.92 Å². The highest BCUT2D eigenvalue weighted by Crippen LogP contribution is 2.18. The molecule has 5 nitrogen and oxygen atoms in total. The average Bonchev–Trinajstić information content (AvgIpc) is 2.37. The van der Waals surface area contributed by atoms with Crippen LogP contribution in [0.4, 0.5) is 5.95 Å². The summed E-state index contributed by atoms with van der Waals surface area (Å²) < 4.78 is 5.12. The van der Waals surface area contributed by atoms with E-state index < -0.39 is 0 Å². The quantitative estimate of drug-likeness (QED) is 0.928. The Morgan fingerprint density at radius 1 is 1.16 bits per heavy atom. The van der Waals surface area contributed by atoms with Crippen molar-refractivity contribution >= 4 is 17.5 Å². The summed E-state index contributed by atoms with van der Waals surface area (Å²) in [6, 6.07) is 9.70. The number of nitrogens with one attached hydrogen (secondary N) is 1. The number of halogens is 1. The van der Waals surface area contributed by atoms with E-state index in [4.69, 9.17) is 16.3 Å². The van der Waals surface area contributed by atoms with Gasteiger partial charge >= 0.3 is 0 Å². The normalized spacial score (nSPS) is 15.0. The summed E-state index contributed by atoms with van der Waals surface area (Å²) in [6.07, 6.45) is 0. The minimum absolute atomic E-state index is 0.196. The molecule has 2 aromatic rings. The lowest BCUT2D eigenvalue weighted by Crippen LogP contribution is -2.33. The van der Waals surface area contributed by atoms with Gasteiger partial charge in [-0.15, -0.1) is 0 Å². The molecule has 0 bridgehead atoms. The summed E-state index contributed by atoms with van der Waals surface area (Å²) >= 11 is 5.94. The predicted octanol–water partition coefficient (Wildman–Crippen LogP) is 2.25. The molecule has 0 atom stereocenters. The second-order valence-electron chi connectivity index (χ2n) is 4.40. The Balaban J connectivity index is 1.79. The van der Waals surface area contributed by atoms with E-state index in [0.29, 0.717) is 17.7 Å². The maximum atomic E-state index is 5.94. The molecule has 1 saturated heterocycles. The van der Waals surface area contributed by atoms with E-state index in [1.165, 1.54) is 0 Å². The number of ether oxygens (including phenoxy) is 1. The van der Waals surface area contributed by atoms with E-state index in [0.717, 1.165) is 25.3 Å². The zero-order chi connectivity index (χ0) is 13.1. The average molecular weight is 277 g/mol. The van der Waals surface area contributed by atoms with Crippen LogP contribution in [0.1, 0.15) is 0 Å². The predicted molar refractivity (Wildman–Crippen MR) is 73.1 cm³/mol. The van der Waals surface area contributed by atoms with Gasteiger partial charge in [-0.25, -0.2) is 0 Å². The third kappa shape index (κ3) is 3.00. The molecule has 0 spiro atoms. The lowest BCUT2D eigenvalue weighted by molar-refractivity contribution is -0.0249. The van der Waals surface area contributed by atoms with Crippen molar-refractivity contribution < 1.29 is 4.74 Å². The largest absolute Gasteiger partial charge is 0.381 e. The molecule has 1 aliphatic rings. The van der Waals surface area contributed by atoms with Crippen LogP contribution < -0.4 is 5.32 Å². The zero-order valence-electron chi connectivity index (χ0n) is 10.2. The van der Waals surface area contributed by atoms with Crippen molar-refractivity contribution in [2.45, 2.75) is 0 Å². The highest BCUT2D eigenvalue weighted by atomic mass is 35.5. The Morgan fingerprint density at radius 2 is 1.95 bits per heavy atom. The summed E-state index contributed by atoms with van der Waals surface area (Å²) in [5, 5.41) is 3.37. The first kappa shape index (κ1) is 12.3. The maximum Gasteiger partial charge on any atom is 0.227 e. The lowest BCUT2D eigenvalue weighted by Gasteiger charge is -2.25. The van der Waals surface area contributed by atoms with E-state index in [1.54, 1.807) is 0 Å². The van der Waals surface area contributed by atoms with Gasteiger partial charge in [-0.3, -0.25) is 0 Å². The van der Waals surface area contributed by atoms with Crippen molar-refractivity contribution in [2.75, 3.05) is 25.1 Å². The van der Waals surface area contributed by atoms with Gasteiger partial charge < -0.3 is 10.1 Å². The molecular weight excluding hydrogens is 264 g/mol.